The first-order valence-electron chi connectivity index (χ1n) is 9.71. The quantitative estimate of drug-likeness (QED) is 0.816. The Bertz CT molecular complexity index is 723. The molecule has 0 amide bonds. The van der Waals surface area contributed by atoms with Crippen molar-refractivity contribution in [1.82, 2.24) is 20.0 Å². The van der Waals surface area contributed by atoms with Crippen LogP contribution in [0.15, 0.2) is 30.5 Å². The molecular weight excluding hydrogens is 343 g/mol. The Morgan fingerprint density at radius 2 is 1.96 bits per heavy atom. The van der Waals surface area contributed by atoms with Crippen molar-refractivity contribution >= 4 is 0 Å². The van der Waals surface area contributed by atoms with Crippen LogP contribution in [0.4, 0.5) is 4.39 Å². The van der Waals surface area contributed by atoms with Gasteiger partial charge in [0.25, 0.3) is 0 Å². The van der Waals surface area contributed by atoms with Crippen LogP contribution in [0.3, 0.4) is 0 Å². The van der Waals surface area contributed by atoms with Crippen LogP contribution in [-0.2, 0) is 6.54 Å². The van der Waals surface area contributed by atoms with Crippen LogP contribution in [0.1, 0.15) is 32.8 Å². The zero-order chi connectivity index (χ0) is 19.4. The summed E-state index contributed by atoms with van der Waals surface area (Å²) in [6, 6.07) is 6.87. The second-order valence-corrected chi connectivity index (χ2v) is 8.71. The van der Waals surface area contributed by atoms with E-state index in [1.165, 1.54) is 12.1 Å². The van der Waals surface area contributed by atoms with E-state index in [4.69, 9.17) is 0 Å². The molecule has 0 bridgehead atoms. The highest BCUT2D eigenvalue weighted by molar-refractivity contribution is 5.62. The predicted molar refractivity (Wildman–Crippen MR) is 106 cm³/mol. The molecular formula is C21H31FN4O. The minimum absolute atomic E-state index is 0.214. The summed E-state index contributed by atoms with van der Waals surface area (Å²) in [6.07, 6.45) is 2.66. The number of aromatic nitrogens is 2. The monoisotopic (exact) mass is 374 g/mol. The van der Waals surface area contributed by atoms with Crippen LogP contribution in [0.2, 0.25) is 0 Å². The van der Waals surface area contributed by atoms with Gasteiger partial charge in [0.05, 0.1) is 11.9 Å². The van der Waals surface area contributed by atoms with E-state index in [1.54, 1.807) is 12.1 Å². The van der Waals surface area contributed by atoms with Crippen molar-refractivity contribution < 1.29 is 9.50 Å². The average Bonchev–Trinajstić information content (AvgIpc) is 3.05. The van der Waals surface area contributed by atoms with Crippen LogP contribution in [-0.4, -0.2) is 63.9 Å². The predicted octanol–water partition coefficient (Wildman–Crippen LogP) is 3.13. The number of H-pyrrole nitrogens is 1. The van der Waals surface area contributed by atoms with Gasteiger partial charge in [0, 0.05) is 56.5 Å². The number of rotatable bonds is 6. The van der Waals surface area contributed by atoms with E-state index in [0.717, 1.165) is 56.0 Å². The van der Waals surface area contributed by atoms with Gasteiger partial charge in [0.1, 0.15) is 5.82 Å². The standard InChI is InChI=1S/C21H31FN4O/c1-21(2,3)15-26-10-9-25(14-19(26)8-11-27)13-17-12-23-24-20(17)16-4-6-18(22)7-5-16/h4-7,12,19,27H,8-11,13-15H2,1-3H3,(H,23,24). The normalized spacial score (nSPS) is 19.5. The molecule has 0 aliphatic carbocycles. The van der Waals surface area contributed by atoms with Crippen LogP contribution >= 0.6 is 0 Å². The lowest BCUT2D eigenvalue weighted by molar-refractivity contribution is 0.0340. The van der Waals surface area contributed by atoms with Crippen molar-refractivity contribution in [1.29, 1.82) is 0 Å². The number of hydrogen-bond donors (Lipinski definition) is 2. The number of hydrogen-bond acceptors (Lipinski definition) is 4. The molecule has 2 heterocycles. The smallest absolute Gasteiger partial charge is 0.123 e. The summed E-state index contributed by atoms with van der Waals surface area (Å²) < 4.78 is 13.2. The van der Waals surface area contributed by atoms with Gasteiger partial charge in [-0.2, -0.15) is 5.10 Å². The van der Waals surface area contributed by atoms with E-state index in [9.17, 15) is 9.50 Å². The number of aromatic amines is 1. The molecule has 5 nitrogen and oxygen atoms in total. The number of halogens is 1. The number of nitrogens with one attached hydrogen (secondary N) is 1. The summed E-state index contributed by atoms with van der Waals surface area (Å²) in [5, 5.41) is 16.8. The van der Waals surface area contributed by atoms with Gasteiger partial charge >= 0.3 is 0 Å². The Morgan fingerprint density at radius 3 is 2.63 bits per heavy atom. The van der Waals surface area contributed by atoms with E-state index < -0.39 is 0 Å². The molecule has 1 unspecified atom stereocenters. The third kappa shape index (κ3) is 5.37. The molecule has 148 valence electrons. The zero-order valence-corrected chi connectivity index (χ0v) is 16.6. The van der Waals surface area contributed by atoms with Crippen LogP contribution < -0.4 is 0 Å². The van der Waals surface area contributed by atoms with Gasteiger partial charge in [-0.05, 0) is 36.1 Å². The molecule has 27 heavy (non-hydrogen) atoms. The van der Waals surface area contributed by atoms with Crippen LogP contribution in [0.5, 0.6) is 0 Å². The van der Waals surface area contributed by atoms with E-state index in [2.05, 4.69) is 40.8 Å². The van der Waals surface area contributed by atoms with Gasteiger partial charge < -0.3 is 5.11 Å². The minimum Gasteiger partial charge on any atom is -0.396 e. The molecule has 0 saturated carbocycles. The Morgan fingerprint density at radius 1 is 1.22 bits per heavy atom. The van der Waals surface area contributed by atoms with Crippen molar-refractivity contribution in [2.45, 2.75) is 39.8 Å². The highest BCUT2D eigenvalue weighted by atomic mass is 19.1. The second-order valence-electron chi connectivity index (χ2n) is 8.71. The van der Waals surface area contributed by atoms with Crippen LogP contribution in [0, 0.1) is 11.2 Å². The third-order valence-corrected chi connectivity index (χ3v) is 5.07. The van der Waals surface area contributed by atoms with Crippen molar-refractivity contribution in [3.63, 3.8) is 0 Å². The third-order valence-electron chi connectivity index (χ3n) is 5.07. The first-order chi connectivity index (χ1) is 12.9. The van der Waals surface area contributed by atoms with Gasteiger partial charge in [-0.3, -0.25) is 14.9 Å². The molecule has 0 spiro atoms. The Balaban J connectivity index is 1.68. The number of aliphatic hydroxyl groups is 1. The topological polar surface area (TPSA) is 55.4 Å². The van der Waals surface area contributed by atoms with Crippen molar-refractivity contribution in [2.24, 2.45) is 5.41 Å². The molecule has 1 atom stereocenters. The molecule has 1 aliphatic rings. The van der Waals surface area contributed by atoms with Gasteiger partial charge in [0.2, 0.25) is 0 Å². The molecule has 1 fully saturated rings. The Labute approximate surface area is 161 Å². The minimum atomic E-state index is -0.235. The van der Waals surface area contributed by atoms with E-state index in [-0.39, 0.29) is 17.8 Å². The zero-order valence-electron chi connectivity index (χ0n) is 16.6. The first-order valence-corrected chi connectivity index (χ1v) is 9.71. The molecule has 1 saturated heterocycles. The second kappa shape index (κ2) is 8.50. The van der Waals surface area contributed by atoms with Crippen molar-refractivity contribution in [3.8, 4) is 11.3 Å². The fourth-order valence-electron chi connectivity index (χ4n) is 3.88. The van der Waals surface area contributed by atoms with Crippen LogP contribution in [0.25, 0.3) is 11.3 Å². The SMILES string of the molecule is CC(C)(C)CN1CCN(Cc2cn[nH]c2-c2ccc(F)cc2)CC1CCO. The van der Waals surface area contributed by atoms with Gasteiger partial charge in [-0.25, -0.2) is 4.39 Å². The fraction of sp³-hybridized carbons (Fsp3) is 0.571. The lowest BCUT2D eigenvalue weighted by Gasteiger charge is -2.44. The maximum Gasteiger partial charge on any atom is 0.123 e. The molecule has 2 aromatic rings. The number of piperazine rings is 1. The highest BCUT2D eigenvalue weighted by Crippen LogP contribution is 2.25. The van der Waals surface area contributed by atoms with E-state index >= 15 is 0 Å². The molecule has 1 aliphatic heterocycles. The first kappa shape index (κ1) is 20.0. The number of benzene rings is 1. The lowest BCUT2D eigenvalue weighted by atomic mass is 9.94. The fourth-order valence-corrected chi connectivity index (χ4v) is 3.88. The largest absolute Gasteiger partial charge is 0.396 e. The molecule has 2 N–H and O–H groups in total. The van der Waals surface area contributed by atoms with Gasteiger partial charge in [-0.15, -0.1) is 0 Å². The van der Waals surface area contributed by atoms with Crippen molar-refractivity contribution in [3.05, 3.63) is 41.8 Å². The summed E-state index contributed by atoms with van der Waals surface area (Å²) in [7, 11) is 0. The molecule has 1 aromatic carbocycles. The highest BCUT2D eigenvalue weighted by Gasteiger charge is 2.29. The molecule has 6 heteroatoms. The summed E-state index contributed by atoms with van der Waals surface area (Å²) in [5.74, 6) is -0.235. The summed E-state index contributed by atoms with van der Waals surface area (Å²) in [6.45, 7) is 11.8. The summed E-state index contributed by atoms with van der Waals surface area (Å²) in [4.78, 5) is 4.94. The van der Waals surface area contributed by atoms with Gasteiger partial charge in [0.15, 0.2) is 0 Å². The summed E-state index contributed by atoms with van der Waals surface area (Å²) >= 11 is 0. The summed E-state index contributed by atoms with van der Waals surface area (Å²) in [5.41, 5.74) is 3.26. The van der Waals surface area contributed by atoms with E-state index in [1.807, 2.05) is 6.20 Å². The molecule has 0 radical (unpaired) electrons. The number of nitrogens with zero attached hydrogens (tertiary/aromatic N) is 3. The lowest BCUT2D eigenvalue weighted by Crippen LogP contribution is -2.54. The maximum absolute atomic E-state index is 13.2. The molecule has 3 rings (SSSR count). The molecule has 1 aromatic heterocycles. The maximum atomic E-state index is 13.2. The van der Waals surface area contributed by atoms with Gasteiger partial charge in [-0.1, -0.05) is 20.8 Å². The van der Waals surface area contributed by atoms with E-state index in [0.29, 0.717) is 6.04 Å². The Hall–Kier alpha value is -1.76. The number of aliphatic hydroxyl groups excluding tert-OH is 1. The van der Waals surface area contributed by atoms with Crippen molar-refractivity contribution in [2.75, 3.05) is 32.8 Å². The Kier molecular flexibility index (Phi) is 6.29. The average molecular weight is 375 g/mol.